The first-order valence-corrected chi connectivity index (χ1v) is 6.52. The van der Waals surface area contributed by atoms with Gasteiger partial charge in [0.1, 0.15) is 0 Å². The van der Waals surface area contributed by atoms with Gasteiger partial charge in [-0.1, -0.05) is 53.6 Å². The van der Waals surface area contributed by atoms with Crippen LogP contribution in [0, 0.1) is 0 Å². The zero-order valence-corrected chi connectivity index (χ0v) is 11.4. The first kappa shape index (κ1) is 13.6. The van der Waals surface area contributed by atoms with Crippen LogP contribution in [0.4, 0.5) is 0 Å². The Kier molecular flexibility index (Phi) is 4.23. The molecule has 1 aromatic carbocycles. The van der Waals surface area contributed by atoms with Crippen molar-refractivity contribution in [3.8, 4) is 0 Å². The van der Waals surface area contributed by atoms with E-state index in [9.17, 15) is 4.79 Å². The highest BCUT2D eigenvalue weighted by molar-refractivity contribution is 6.49. The lowest BCUT2D eigenvalue weighted by molar-refractivity contribution is -0.131. The van der Waals surface area contributed by atoms with Crippen molar-refractivity contribution in [3.63, 3.8) is 0 Å². The van der Waals surface area contributed by atoms with Gasteiger partial charge in [0.15, 0.2) is 0 Å². The van der Waals surface area contributed by atoms with Gasteiger partial charge in [-0.05, 0) is 36.5 Å². The third-order valence-electron chi connectivity index (χ3n) is 3.09. The van der Waals surface area contributed by atoms with Crippen molar-refractivity contribution in [1.82, 2.24) is 0 Å². The van der Waals surface area contributed by atoms with Gasteiger partial charge in [0.2, 0.25) is 0 Å². The van der Waals surface area contributed by atoms with Crippen molar-refractivity contribution in [1.29, 1.82) is 0 Å². The normalized spacial score (nSPS) is 15.8. The largest absolute Gasteiger partial charge is 0.478 e. The number of aliphatic carboxylic acids is 1. The van der Waals surface area contributed by atoms with Crippen LogP contribution in [0.1, 0.15) is 24.5 Å². The maximum atomic E-state index is 10.5. The van der Waals surface area contributed by atoms with Gasteiger partial charge in [-0.15, -0.1) is 0 Å². The number of aryl methyl sites for hydroxylation is 1. The molecule has 98 valence electrons. The van der Waals surface area contributed by atoms with Crippen LogP contribution in [0.5, 0.6) is 0 Å². The Morgan fingerprint density at radius 2 is 2.00 bits per heavy atom. The molecule has 0 aliphatic heterocycles. The van der Waals surface area contributed by atoms with Crippen LogP contribution in [-0.4, -0.2) is 11.1 Å². The van der Waals surface area contributed by atoms with Gasteiger partial charge in [-0.25, -0.2) is 4.79 Å². The van der Waals surface area contributed by atoms with E-state index >= 15 is 0 Å². The lowest BCUT2D eigenvalue weighted by Gasteiger charge is -2.18. The second-order valence-electron chi connectivity index (χ2n) is 4.56. The van der Waals surface area contributed by atoms with Gasteiger partial charge in [-0.3, -0.25) is 0 Å². The van der Waals surface area contributed by atoms with E-state index in [1.807, 2.05) is 31.2 Å². The van der Waals surface area contributed by atoms with Crippen LogP contribution in [0.25, 0.3) is 5.03 Å². The van der Waals surface area contributed by atoms with Crippen LogP contribution in [-0.2, 0) is 11.2 Å². The number of halogens is 1. The Hall–Kier alpha value is -1.80. The lowest BCUT2D eigenvalue weighted by atomic mass is 9.91. The van der Waals surface area contributed by atoms with E-state index in [0.717, 1.165) is 40.7 Å². The number of hydrogen-bond acceptors (Lipinski definition) is 1. The van der Waals surface area contributed by atoms with E-state index in [1.165, 1.54) is 5.56 Å². The fourth-order valence-corrected chi connectivity index (χ4v) is 2.50. The van der Waals surface area contributed by atoms with E-state index in [4.69, 9.17) is 16.7 Å². The predicted octanol–water partition coefficient (Wildman–Crippen LogP) is 4.17. The Balaban J connectivity index is 2.31. The van der Waals surface area contributed by atoms with Crippen molar-refractivity contribution < 1.29 is 9.90 Å². The number of benzene rings is 1. The molecule has 1 aliphatic rings. The summed E-state index contributed by atoms with van der Waals surface area (Å²) >= 11 is 6.41. The van der Waals surface area contributed by atoms with E-state index < -0.39 is 5.97 Å². The number of fused-ring (bicyclic) bond motifs is 1. The van der Waals surface area contributed by atoms with Gasteiger partial charge < -0.3 is 5.11 Å². The second-order valence-corrected chi connectivity index (χ2v) is 4.93. The number of allylic oxidation sites excluding steroid dienone is 4. The number of carboxylic acids is 1. The van der Waals surface area contributed by atoms with Gasteiger partial charge in [0, 0.05) is 6.08 Å². The molecule has 0 unspecified atom stereocenters. The Bertz CT molecular complexity index is 595. The van der Waals surface area contributed by atoms with Crippen LogP contribution in [0.2, 0.25) is 0 Å². The average molecular weight is 275 g/mol. The predicted molar refractivity (Wildman–Crippen MR) is 78.1 cm³/mol. The summed E-state index contributed by atoms with van der Waals surface area (Å²) in [5.41, 5.74) is 4.29. The highest BCUT2D eigenvalue weighted by atomic mass is 35.5. The molecule has 0 saturated heterocycles. The first-order valence-electron chi connectivity index (χ1n) is 6.14. The summed E-state index contributed by atoms with van der Waals surface area (Å²) in [6.07, 6.45) is 6.52. The fourth-order valence-electron chi connectivity index (χ4n) is 2.17. The molecular formula is C16H15ClO2. The van der Waals surface area contributed by atoms with Gasteiger partial charge in [0.05, 0.1) is 5.03 Å². The third kappa shape index (κ3) is 3.36. The Morgan fingerprint density at radius 1 is 1.26 bits per heavy atom. The minimum Gasteiger partial charge on any atom is -0.478 e. The van der Waals surface area contributed by atoms with Gasteiger partial charge in [-0.2, -0.15) is 0 Å². The molecule has 1 aromatic rings. The second kappa shape index (κ2) is 5.89. The summed E-state index contributed by atoms with van der Waals surface area (Å²) < 4.78 is 0. The summed E-state index contributed by atoms with van der Waals surface area (Å²) in [6, 6.07) is 8.11. The molecule has 0 heterocycles. The summed E-state index contributed by atoms with van der Waals surface area (Å²) in [6.45, 7) is 1.87. The summed E-state index contributed by atoms with van der Waals surface area (Å²) in [5.74, 6) is -0.943. The molecule has 0 spiro atoms. The third-order valence-corrected chi connectivity index (χ3v) is 3.54. The molecule has 0 fully saturated rings. The highest BCUT2D eigenvalue weighted by Crippen LogP contribution is 2.34. The quantitative estimate of drug-likeness (QED) is 0.663. The topological polar surface area (TPSA) is 37.3 Å². The Morgan fingerprint density at radius 3 is 2.74 bits per heavy atom. The molecule has 1 N–H and O–H groups in total. The van der Waals surface area contributed by atoms with Gasteiger partial charge >= 0.3 is 5.97 Å². The number of hydrogen-bond donors (Lipinski definition) is 1. The molecule has 0 amide bonds. The van der Waals surface area contributed by atoms with E-state index in [1.54, 1.807) is 6.08 Å². The van der Waals surface area contributed by atoms with Crippen molar-refractivity contribution in [2.75, 3.05) is 0 Å². The summed E-state index contributed by atoms with van der Waals surface area (Å²) in [5, 5.41) is 9.37. The molecule has 1 aliphatic carbocycles. The Labute approximate surface area is 117 Å². The number of carbonyl (C=O) groups is 1. The minimum atomic E-state index is -0.943. The molecule has 3 heteroatoms. The molecule has 0 aromatic heterocycles. The van der Waals surface area contributed by atoms with Gasteiger partial charge in [0.25, 0.3) is 0 Å². The monoisotopic (exact) mass is 274 g/mol. The van der Waals surface area contributed by atoms with E-state index in [2.05, 4.69) is 6.07 Å². The molecule has 19 heavy (non-hydrogen) atoms. The van der Waals surface area contributed by atoms with Crippen LogP contribution < -0.4 is 0 Å². The average Bonchev–Trinajstić information content (AvgIpc) is 2.40. The van der Waals surface area contributed by atoms with Crippen LogP contribution in [0.15, 0.2) is 53.6 Å². The molecular weight excluding hydrogens is 260 g/mol. The molecule has 0 saturated carbocycles. The van der Waals surface area contributed by atoms with Crippen LogP contribution in [0.3, 0.4) is 0 Å². The molecule has 0 bridgehead atoms. The maximum Gasteiger partial charge on any atom is 0.328 e. The van der Waals surface area contributed by atoms with E-state index in [-0.39, 0.29) is 0 Å². The zero-order valence-electron chi connectivity index (χ0n) is 10.7. The molecule has 2 nitrogen and oxygen atoms in total. The minimum absolute atomic E-state index is 0.768. The number of rotatable bonds is 3. The van der Waals surface area contributed by atoms with Crippen molar-refractivity contribution in [2.24, 2.45) is 0 Å². The standard InChI is InChI=1S/C16H15ClO2/c1-11(6-9-15(18)19)10-13-8-7-12-4-2-3-5-14(12)16(13)17/h2-6,9-10H,7-8H2,1H3,(H,18,19). The van der Waals surface area contributed by atoms with Crippen LogP contribution >= 0.6 is 11.6 Å². The highest BCUT2D eigenvalue weighted by Gasteiger charge is 2.15. The lowest BCUT2D eigenvalue weighted by Crippen LogP contribution is -2.01. The molecule has 0 radical (unpaired) electrons. The summed E-state index contributed by atoms with van der Waals surface area (Å²) in [7, 11) is 0. The van der Waals surface area contributed by atoms with Crippen molar-refractivity contribution >= 4 is 22.6 Å². The molecule has 2 rings (SSSR count). The van der Waals surface area contributed by atoms with Crippen molar-refractivity contribution in [3.05, 3.63) is 64.8 Å². The summed E-state index contributed by atoms with van der Waals surface area (Å²) in [4.78, 5) is 10.5. The van der Waals surface area contributed by atoms with Crippen molar-refractivity contribution in [2.45, 2.75) is 19.8 Å². The first-order chi connectivity index (χ1) is 9.08. The fraction of sp³-hybridized carbons (Fsp3) is 0.188. The molecule has 0 atom stereocenters. The smallest absolute Gasteiger partial charge is 0.328 e. The maximum absolute atomic E-state index is 10.5. The SMILES string of the molecule is CC(C=CC(=O)O)=CC1=C(Cl)c2ccccc2CC1. The zero-order chi connectivity index (χ0) is 13.8. The van der Waals surface area contributed by atoms with E-state index in [0.29, 0.717) is 0 Å². The number of carboxylic acid groups (broad SMARTS) is 1.